The molecule has 3 nitrogen and oxygen atoms in total. The van der Waals surface area contributed by atoms with Gasteiger partial charge in [0.05, 0.1) is 5.52 Å². The molecule has 2 aromatic rings. The van der Waals surface area contributed by atoms with Crippen LogP contribution in [0.3, 0.4) is 0 Å². The quantitative estimate of drug-likeness (QED) is 0.843. The van der Waals surface area contributed by atoms with Crippen LogP contribution in [0, 0.1) is 0 Å². The number of nitrogens with zero attached hydrogens (tertiary/aromatic N) is 1. The van der Waals surface area contributed by atoms with E-state index in [1.54, 1.807) is 0 Å². The van der Waals surface area contributed by atoms with Crippen LogP contribution in [-0.4, -0.2) is 23.3 Å². The van der Waals surface area contributed by atoms with Crippen LogP contribution < -0.4 is 5.32 Å². The fraction of sp³-hybridized carbons (Fsp3) is 0.417. The molecule has 16 heavy (non-hydrogen) atoms. The first-order valence-corrected chi connectivity index (χ1v) is 6.48. The maximum absolute atomic E-state index is 4.22. The molecule has 0 bridgehead atoms. The SMILES string of the molecule is Brc1[nH]nc2ccc(C3CCNCC3)cc12. The van der Waals surface area contributed by atoms with Gasteiger partial charge in [-0.3, -0.25) is 5.10 Å². The molecule has 0 aliphatic carbocycles. The van der Waals surface area contributed by atoms with Crippen molar-refractivity contribution in [3.8, 4) is 0 Å². The molecule has 84 valence electrons. The van der Waals surface area contributed by atoms with Crippen LogP contribution in [0.15, 0.2) is 22.8 Å². The Morgan fingerprint density at radius 2 is 2.06 bits per heavy atom. The summed E-state index contributed by atoms with van der Waals surface area (Å²) >= 11 is 3.49. The smallest absolute Gasteiger partial charge is 0.108 e. The minimum Gasteiger partial charge on any atom is -0.317 e. The summed E-state index contributed by atoms with van der Waals surface area (Å²) in [7, 11) is 0. The predicted molar refractivity (Wildman–Crippen MR) is 68.6 cm³/mol. The van der Waals surface area contributed by atoms with Crippen LogP contribution in [0.4, 0.5) is 0 Å². The predicted octanol–water partition coefficient (Wildman–Crippen LogP) is 2.79. The van der Waals surface area contributed by atoms with Crippen LogP contribution in [0.1, 0.15) is 24.3 Å². The third-order valence-electron chi connectivity index (χ3n) is 3.34. The van der Waals surface area contributed by atoms with Gasteiger partial charge in [-0.25, -0.2) is 0 Å². The van der Waals surface area contributed by atoms with E-state index in [0.29, 0.717) is 5.92 Å². The Morgan fingerprint density at radius 1 is 1.25 bits per heavy atom. The summed E-state index contributed by atoms with van der Waals surface area (Å²) in [6, 6.07) is 6.58. The highest BCUT2D eigenvalue weighted by molar-refractivity contribution is 9.10. The Kier molecular flexibility index (Phi) is 2.69. The van der Waals surface area contributed by atoms with E-state index >= 15 is 0 Å². The molecule has 4 heteroatoms. The molecule has 2 N–H and O–H groups in total. The number of halogens is 1. The molecular weight excluding hydrogens is 266 g/mol. The van der Waals surface area contributed by atoms with E-state index in [1.807, 2.05) is 0 Å². The minimum atomic E-state index is 0.701. The van der Waals surface area contributed by atoms with Crippen LogP contribution in [-0.2, 0) is 0 Å². The Hall–Kier alpha value is -0.870. The molecular formula is C12H14BrN3. The van der Waals surface area contributed by atoms with Crippen molar-refractivity contribution in [3.05, 3.63) is 28.4 Å². The van der Waals surface area contributed by atoms with E-state index in [0.717, 1.165) is 23.2 Å². The standard InChI is InChI=1S/C12H14BrN3/c13-12-10-7-9(1-2-11(10)15-16-12)8-3-5-14-6-4-8/h1-2,7-8,14H,3-6H2,(H,15,16). The van der Waals surface area contributed by atoms with Crippen molar-refractivity contribution in [2.75, 3.05) is 13.1 Å². The molecule has 1 aliphatic heterocycles. The molecule has 0 atom stereocenters. The molecule has 3 rings (SSSR count). The molecule has 0 saturated carbocycles. The van der Waals surface area contributed by atoms with E-state index in [2.05, 4.69) is 49.6 Å². The zero-order valence-corrected chi connectivity index (χ0v) is 10.5. The topological polar surface area (TPSA) is 40.7 Å². The number of fused-ring (bicyclic) bond motifs is 1. The van der Waals surface area contributed by atoms with Gasteiger partial charge in [0.25, 0.3) is 0 Å². The molecule has 0 amide bonds. The number of nitrogens with one attached hydrogen (secondary N) is 2. The Morgan fingerprint density at radius 3 is 2.88 bits per heavy atom. The third-order valence-corrected chi connectivity index (χ3v) is 3.95. The number of hydrogen-bond acceptors (Lipinski definition) is 2. The number of aromatic amines is 1. The van der Waals surface area contributed by atoms with Crippen molar-refractivity contribution in [2.45, 2.75) is 18.8 Å². The molecule has 1 aliphatic rings. The second-order valence-electron chi connectivity index (χ2n) is 4.34. The van der Waals surface area contributed by atoms with Crippen LogP contribution in [0.25, 0.3) is 10.9 Å². The second-order valence-corrected chi connectivity index (χ2v) is 5.13. The maximum atomic E-state index is 4.22. The van der Waals surface area contributed by atoms with E-state index in [9.17, 15) is 0 Å². The number of hydrogen-bond donors (Lipinski definition) is 2. The second kappa shape index (κ2) is 4.18. The first-order valence-electron chi connectivity index (χ1n) is 5.69. The van der Waals surface area contributed by atoms with Gasteiger partial charge in [0.1, 0.15) is 4.60 Å². The highest BCUT2D eigenvalue weighted by Gasteiger charge is 2.16. The van der Waals surface area contributed by atoms with E-state index in [4.69, 9.17) is 0 Å². The monoisotopic (exact) mass is 279 g/mol. The molecule has 1 saturated heterocycles. The van der Waals surface area contributed by atoms with Gasteiger partial charge in [-0.05, 0) is 65.5 Å². The summed E-state index contributed by atoms with van der Waals surface area (Å²) in [6.07, 6.45) is 2.47. The van der Waals surface area contributed by atoms with Gasteiger partial charge in [0.15, 0.2) is 0 Å². The van der Waals surface area contributed by atoms with Gasteiger partial charge in [0, 0.05) is 5.39 Å². The van der Waals surface area contributed by atoms with Crippen molar-refractivity contribution in [1.29, 1.82) is 0 Å². The Labute approximate surface area is 103 Å². The van der Waals surface area contributed by atoms with E-state index in [1.165, 1.54) is 23.8 Å². The zero-order valence-electron chi connectivity index (χ0n) is 8.96. The third kappa shape index (κ3) is 1.76. The lowest BCUT2D eigenvalue weighted by molar-refractivity contribution is 0.460. The first kappa shape index (κ1) is 10.3. The fourth-order valence-corrected chi connectivity index (χ4v) is 2.81. The van der Waals surface area contributed by atoms with Gasteiger partial charge >= 0.3 is 0 Å². The Bertz CT molecular complexity index is 500. The average Bonchev–Trinajstić information content (AvgIpc) is 2.72. The van der Waals surface area contributed by atoms with Crippen molar-refractivity contribution >= 4 is 26.8 Å². The van der Waals surface area contributed by atoms with Crippen molar-refractivity contribution < 1.29 is 0 Å². The van der Waals surface area contributed by atoms with Gasteiger partial charge < -0.3 is 5.32 Å². The largest absolute Gasteiger partial charge is 0.317 e. The highest BCUT2D eigenvalue weighted by atomic mass is 79.9. The maximum Gasteiger partial charge on any atom is 0.108 e. The van der Waals surface area contributed by atoms with E-state index < -0.39 is 0 Å². The number of rotatable bonds is 1. The molecule has 0 radical (unpaired) electrons. The van der Waals surface area contributed by atoms with Gasteiger partial charge in [0.2, 0.25) is 0 Å². The zero-order chi connectivity index (χ0) is 11.0. The van der Waals surface area contributed by atoms with Crippen LogP contribution in [0.2, 0.25) is 0 Å². The summed E-state index contributed by atoms with van der Waals surface area (Å²) in [4.78, 5) is 0. The summed E-state index contributed by atoms with van der Waals surface area (Å²) in [5.41, 5.74) is 2.47. The molecule has 1 fully saturated rings. The summed E-state index contributed by atoms with van der Waals surface area (Å²) in [5.74, 6) is 0.701. The van der Waals surface area contributed by atoms with Gasteiger partial charge in [-0.1, -0.05) is 6.07 Å². The molecule has 1 aromatic carbocycles. The fourth-order valence-electron chi connectivity index (χ4n) is 2.41. The van der Waals surface area contributed by atoms with Crippen LogP contribution >= 0.6 is 15.9 Å². The first-order chi connectivity index (χ1) is 7.84. The minimum absolute atomic E-state index is 0.701. The lowest BCUT2D eigenvalue weighted by atomic mass is 9.90. The van der Waals surface area contributed by atoms with Crippen molar-refractivity contribution in [1.82, 2.24) is 15.5 Å². The average molecular weight is 280 g/mol. The van der Waals surface area contributed by atoms with Crippen molar-refractivity contribution in [3.63, 3.8) is 0 Å². The summed E-state index contributed by atoms with van der Waals surface area (Å²) in [6.45, 7) is 2.27. The lowest BCUT2D eigenvalue weighted by Crippen LogP contribution is -2.26. The molecule has 0 unspecified atom stereocenters. The lowest BCUT2D eigenvalue weighted by Gasteiger charge is -2.22. The number of benzene rings is 1. The summed E-state index contributed by atoms with van der Waals surface area (Å²) < 4.78 is 0.985. The molecule has 2 heterocycles. The van der Waals surface area contributed by atoms with Gasteiger partial charge in [-0.2, -0.15) is 5.10 Å². The normalized spacial score (nSPS) is 18.1. The highest BCUT2D eigenvalue weighted by Crippen LogP contribution is 2.29. The molecule has 0 spiro atoms. The molecule has 1 aromatic heterocycles. The number of H-pyrrole nitrogens is 1. The van der Waals surface area contributed by atoms with Crippen molar-refractivity contribution in [2.24, 2.45) is 0 Å². The Balaban J connectivity index is 1.99. The van der Waals surface area contributed by atoms with Gasteiger partial charge in [-0.15, -0.1) is 0 Å². The number of piperidine rings is 1. The summed E-state index contributed by atoms with van der Waals surface area (Å²) in [5, 5.41) is 11.8. The van der Waals surface area contributed by atoms with E-state index in [-0.39, 0.29) is 0 Å². The number of aromatic nitrogens is 2. The van der Waals surface area contributed by atoms with Crippen LogP contribution in [0.5, 0.6) is 0 Å².